The molecular formula is C27H29Cl2N5O4. The summed E-state index contributed by atoms with van der Waals surface area (Å²) >= 11 is 11.9. The molecule has 2 N–H and O–H groups in total. The average molecular weight is 558 g/mol. The molecule has 9 nitrogen and oxygen atoms in total. The van der Waals surface area contributed by atoms with Crippen LogP contribution in [0.1, 0.15) is 29.8 Å². The third-order valence-electron chi connectivity index (χ3n) is 6.28. The molecule has 3 aromatic rings. The molecule has 1 fully saturated rings. The molecule has 1 aromatic heterocycles. The fourth-order valence-corrected chi connectivity index (χ4v) is 4.50. The smallest absolute Gasteiger partial charge is 0.262 e. The lowest BCUT2D eigenvalue weighted by Crippen LogP contribution is -2.48. The largest absolute Gasteiger partial charge is 0.378 e. The van der Waals surface area contributed by atoms with E-state index < -0.39 is 17.9 Å². The Labute approximate surface area is 230 Å². The molecule has 0 radical (unpaired) electrons. The molecule has 0 spiro atoms. The van der Waals surface area contributed by atoms with Gasteiger partial charge in [-0.05, 0) is 30.2 Å². The lowest BCUT2D eigenvalue weighted by molar-refractivity contribution is -0.135. The molecule has 0 bridgehead atoms. The predicted molar refractivity (Wildman–Crippen MR) is 148 cm³/mol. The lowest BCUT2D eigenvalue weighted by atomic mass is 10.0. The number of nitrogens with zero attached hydrogens (tertiary/aromatic N) is 3. The number of hydrazone groups is 1. The fourth-order valence-electron chi connectivity index (χ4n) is 4.20. The number of amides is 3. The van der Waals surface area contributed by atoms with E-state index in [0.29, 0.717) is 36.9 Å². The quantitative estimate of drug-likeness (QED) is 0.325. The number of para-hydroxylation sites is 1. The van der Waals surface area contributed by atoms with Gasteiger partial charge in [-0.3, -0.25) is 14.4 Å². The van der Waals surface area contributed by atoms with Crippen molar-refractivity contribution in [2.75, 3.05) is 26.3 Å². The molecule has 38 heavy (non-hydrogen) atoms. The van der Waals surface area contributed by atoms with E-state index in [1.54, 1.807) is 4.90 Å². The Hall–Kier alpha value is -3.40. The van der Waals surface area contributed by atoms with Gasteiger partial charge in [0.2, 0.25) is 5.91 Å². The van der Waals surface area contributed by atoms with Gasteiger partial charge in [0, 0.05) is 41.3 Å². The first kappa shape index (κ1) is 27.6. The number of aromatic nitrogens is 1. The molecule has 200 valence electrons. The molecule has 4 rings (SSSR count). The summed E-state index contributed by atoms with van der Waals surface area (Å²) in [6.07, 6.45) is 3.37. The predicted octanol–water partition coefficient (Wildman–Crippen LogP) is 3.71. The summed E-state index contributed by atoms with van der Waals surface area (Å²) in [6, 6.07) is 11.4. The van der Waals surface area contributed by atoms with E-state index in [0.717, 1.165) is 16.5 Å². The highest BCUT2D eigenvalue weighted by molar-refractivity contribution is 6.42. The summed E-state index contributed by atoms with van der Waals surface area (Å²) in [7, 11) is 0. The highest BCUT2D eigenvalue weighted by Crippen LogP contribution is 2.23. The monoisotopic (exact) mass is 557 g/mol. The summed E-state index contributed by atoms with van der Waals surface area (Å²) in [5, 5.41) is 8.36. The van der Waals surface area contributed by atoms with E-state index in [-0.39, 0.29) is 23.4 Å². The number of hydrogen-bond donors (Lipinski definition) is 2. The number of nitrogens with one attached hydrogen (secondary N) is 2. The van der Waals surface area contributed by atoms with Crippen molar-refractivity contribution in [1.29, 1.82) is 0 Å². The first-order valence-electron chi connectivity index (χ1n) is 12.3. The van der Waals surface area contributed by atoms with Crippen molar-refractivity contribution in [3.05, 3.63) is 69.8 Å². The van der Waals surface area contributed by atoms with Crippen LogP contribution < -0.4 is 10.7 Å². The van der Waals surface area contributed by atoms with E-state index in [4.69, 9.17) is 27.9 Å². The number of fused-ring (bicyclic) bond motifs is 1. The summed E-state index contributed by atoms with van der Waals surface area (Å²) in [5.74, 6) is -1.10. The zero-order valence-corrected chi connectivity index (χ0v) is 22.6. The molecule has 1 saturated heterocycles. The van der Waals surface area contributed by atoms with E-state index >= 15 is 0 Å². The minimum atomic E-state index is -0.832. The molecule has 0 saturated carbocycles. The molecule has 1 atom stereocenters. The number of hydrogen-bond acceptors (Lipinski definition) is 5. The Kier molecular flexibility index (Phi) is 9.04. The molecule has 2 aromatic carbocycles. The van der Waals surface area contributed by atoms with Crippen molar-refractivity contribution in [2.45, 2.75) is 26.4 Å². The summed E-state index contributed by atoms with van der Waals surface area (Å²) < 4.78 is 7.22. The second kappa shape index (κ2) is 12.4. The van der Waals surface area contributed by atoms with Gasteiger partial charge in [-0.15, -0.1) is 0 Å². The van der Waals surface area contributed by atoms with Gasteiger partial charge in [0.05, 0.1) is 29.5 Å². The minimum absolute atomic E-state index is 0.0170. The first-order chi connectivity index (χ1) is 18.2. The first-order valence-corrected chi connectivity index (χ1v) is 13.0. The van der Waals surface area contributed by atoms with Gasteiger partial charge in [0.1, 0.15) is 12.6 Å². The van der Waals surface area contributed by atoms with Crippen LogP contribution in [0.5, 0.6) is 0 Å². The molecule has 3 amide bonds. The van der Waals surface area contributed by atoms with Crippen LogP contribution in [0, 0.1) is 5.92 Å². The second-order valence-corrected chi connectivity index (χ2v) is 10.1. The van der Waals surface area contributed by atoms with E-state index in [9.17, 15) is 14.4 Å². The van der Waals surface area contributed by atoms with Crippen LogP contribution in [0.25, 0.3) is 10.9 Å². The van der Waals surface area contributed by atoms with Crippen LogP contribution in [0.15, 0.2) is 53.8 Å². The van der Waals surface area contributed by atoms with Crippen molar-refractivity contribution in [3.8, 4) is 0 Å². The highest BCUT2D eigenvalue weighted by Gasteiger charge is 2.25. The minimum Gasteiger partial charge on any atom is -0.378 e. The van der Waals surface area contributed by atoms with Crippen LogP contribution in [-0.2, 0) is 20.9 Å². The number of benzene rings is 2. The van der Waals surface area contributed by atoms with Crippen LogP contribution in [-0.4, -0.2) is 65.7 Å². The Bertz CT molecular complexity index is 1360. The summed E-state index contributed by atoms with van der Waals surface area (Å²) in [6.45, 7) is 6.08. The molecule has 1 unspecified atom stereocenters. The Morgan fingerprint density at radius 1 is 1.08 bits per heavy atom. The van der Waals surface area contributed by atoms with Gasteiger partial charge in [0.15, 0.2) is 0 Å². The van der Waals surface area contributed by atoms with Crippen molar-refractivity contribution >= 4 is 58.0 Å². The maximum absolute atomic E-state index is 12.9. The molecule has 2 heterocycles. The normalized spacial score (nSPS) is 14.7. The van der Waals surface area contributed by atoms with Gasteiger partial charge in [-0.1, -0.05) is 55.2 Å². The highest BCUT2D eigenvalue weighted by atomic mass is 35.5. The van der Waals surface area contributed by atoms with Gasteiger partial charge in [-0.25, -0.2) is 5.43 Å². The third-order valence-corrected chi connectivity index (χ3v) is 7.02. The molecule has 1 aliphatic heterocycles. The second-order valence-electron chi connectivity index (χ2n) is 9.28. The van der Waals surface area contributed by atoms with Gasteiger partial charge in [-0.2, -0.15) is 5.10 Å². The van der Waals surface area contributed by atoms with Gasteiger partial charge in [0.25, 0.3) is 11.8 Å². The van der Waals surface area contributed by atoms with Crippen molar-refractivity contribution in [2.24, 2.45) is 11.0 Å². The lowest BCUT2D eigenvalue weighted by Gasteiger charge is -2.27. The topological polar surface area (TPSA) is 105 Å². The third kappa shape index (κ3) is 6.53. The number of morpholine rings is 1. The van der Waals surface area contributed by atoms with Crippen LogP contribution in [0.4, 0.5) is 0 Å². The zero-order valence-electron chi connectivity index (χ0n) is 21.1. The van der Waals surface area contributed by atoms with Crippen LogP contribution in [0.2, 0.25) is 10.0 Å². The number of carbonyl (C=O) groups excluding carboxylic acids is 3. The fraction of sp³-hybridized carbons (Fsp3) is 0.333. The number of halogens is 2. The average Bonchev–Trinajstić information content (AvgIpc) is 3.26. The molecule has 0 aliphatic carbocycles. The van der Waals surface area contributed by atoms with Crippen molar-refractivity contribution in [3.63, 3.8) is 0 Å². The van der Waals surface area contributed by atoms with Crippen molar-refractivity contribution < 1.29 is 19.1 Å². The van der Waals surface area contributed by atoms with E-state index in [2.05, 4.69) is 15.8 Å². The van der Waals surface area contributed by atoms with Crippen LogP contribution in [0.3, 0.4) is 0 Å². The van der Waals surface area contributed by atoms with Crippen LogP contribution >= 0.6 is 23.2 Å². The molecule has 1 aliphatic rings. The van der Waals surface area contributed by atoms with Crippen molar-refractivity contribution in [1.82, 2.24) is 20.2 Å². The number of ether oxygens (including phenoxy) is 1. The maximum Gasteiger partial charge on any atom is 0.262 e. The maximum atomic E-state index is 12.9. The summed E-state index contributed by atoms with van der Waals surface area (Å²) in [5.41, 5.74) is 4.45. The Balaban J connectivity index is 1.45. The van der Waals surface area contributed by atoms with E-state index in [1.807, 2.05) is 48.9 Å². The standard InChI is InChI=1S/C27H29Cl2N5O4/c1-17(2)25(31-26(36)18-7-8-21(28)22(29)13-18)27(37)32-30-14-19-15-34(23-6-4-3-5-20(19)23)16-24(35)33-9-11-38-12-10-33/h3-8,13-15,17,25H,9-12,16H2,1-2H3,(H,31,36)(H,32,37)/b30-14-. The number of rotatable bonds is 8. The number of carbonyl (C=O) groups is 3. The SMILES string of the molecule is CC(C)C(NC(=O)c1ccc(Cl)c(Cl)c1)C(=O)N/N=C\c1cn(CC(=O)N2CCOCC2)c2ccccc12. The van der Waals surface area contributed by atoms with Gasteiger partial charge >= 0.3 is 0 Å². The molecular weight excluding hydrogens is 529 g/mol. The van der Waals surface area contributed by atoms with E-state index in [1.165, 1.54) is 24.4 Å². The summed E-state index contributed by atoms with van der Waals surface area (Å²) in [4.78, 5) is 40.2. The molecule has 11 heteroatoms. The van der Waals surface area contributed by atoms with Gasteiger partial charge < -0.3 is 19.5 Å². The zero-order chi connectivity index (χ0) is 27.2. The Morgan fingerprint density at radius 2 is 1.82 bits per heavy atom. The Morgan fingerprint density at radius 3 is 2.53 bits per heavy atom.